The van der Waals surface area contributed by atoms with Crippen LogP contribution < -0.4 is 5.32 Å². The lowest BCUT2D eigenvalue weighted by atomic mass is 10.1. The Kier molecular flexibility index (Phi) is 4.70. The third-order valence-corrected chi connectivity index (χ3v) is 5.34. The number of aromatic nitrogens is 1. The summed E-state index contributed by atoms with van der Waals surface area (Å²) < 4.78 is 13.0. The standard InChI is InChI=1S/C20H23FN4O/c21-17-6-7-18(22-14-17)23-19(26)20(8-9-20)25-12-10-24(11-13-25)15-16-4-2-1-3-5-16/h1-7,14H,8-13,15H2,(H,22,23,26). The summed E-state index contributed by atoms with van der Waals surface area (Å²) in [6.45, 7) is 4.64. The molecule has 0 atom stereocenters. The summed E-state index contributed by atoms with van der Waals surface area (Å²) in [6, 6.07) is 13.3. The highest BCUT2D eigenvalue weighted by atomic mass is 19.1. The molecule has 0 bridgehead atoms. The molecule has 1 saturated heterocycles. The van der Waals surface area contributed by atoms with E-state index >= 15 is 0 Å². The Hall–Kier alpha value is -2.31. The lowest BCUT2D eigenvalue weighted by Gasteiger charge is -2.39. The summed E-state index contributed by atoms with van der Waals surface area (Å²) in [5.41, 5.74) is 0.914. The van der Waals surface area contributed by atoms with Gasteiger partial charge in [-0.1, -0.05) is 30.3 Å². The molecule has 1 aliphatic carbocycles. The molecular weight excluding hydrogens is 331 g/mol. The molecule has 1 aliphatic heterocycles. The Bertz CT molecular complexity index is 753. The Labute approximate surface area is 152 Å². The molecule has 1 saturated carbocycles. The van der Waals surface area contributed by atoms with Crippen LogP contribution in [-0.2, 0) is 11.3 Å². The van der Waals surface area contributed by atoms with E-state index in [2.05, 4.69) is 44.4 Å². The van der Waals surface area contributed by atoms with E-state index in [9.17, 15) is 9.18 Å². The molecule has 0 spiro atoms. The average molecular weight is 354 g/mol. The van der Waals surface area contributed by atoms with Crippen LogP contribution in [0.4, 0.5) is 10.2 Å². The maximum absolute atomic E-state index is 13.0. The van der Waals surface area contributed by atoms with Gasteiger partial charge in [0.1, 0.15) is 17.2 Å². The van der Waals surface area contributed by atoms with E-state index in [0.29, 0.717) is 5.82 Å². The molecular formula is C20H23FN4O. The van der Waals surface area contributed by atoms with E-state index in [0.717, 1.165) is 51.8 Å². The number of pyridine rings is 1. The fraction of sp³-hybridized carbons (Fsp3) is 0.400. The fourth-order valence-electron chi connectivity index (χ4n) is 3.66. The summed E-state index contributed by atoms with van der Waals surface area (Å²) in [5.74, 6) is -0.0165. The van der Waals surface area contributed by atoms with Gasteiger partial charge in [-0.15, -0.1) is 0 Å². The number of carbonyl (C=O) groups is 1. The van der Waals surface area contributed by atoms with E-state index < -0.39 is 11.4 Å². The number of nitrogens with zero attached hydrogens (tertiary/aromatic N) is 3. The molecule has 2 aliphatic rings. The predicted molar refractivity (Wildman–Crippen MR) is 98.1 cm³/mol. The maximum atomic E-state index is 13.0. The monoisotopic (exact) mass is 354 g/mol. The number of hydrogen-bond donors (Lipinski definition) is 1. The van der Waals surface area contributed by atoms with Crippen LogP contribution in [0.3, 0.4) is 0 Å². The van der Waals surface area contributed by atoms with Crippen LogP contribution in [0.2, 0.25) is 0 Å². The predicted octanol–water partition coefficient (Wildman–Crippen LogP) is 2.51. The van der Waals surface area contributed by atoms with E-state index in [1.54, 1.807) is 0 Å². The normalized spacial score (nSPS) is 19.9. The highest BCUT2D eigenvalue weighted by Gasteiger charge is 2.54. The number of piperazine rings is 1. The summed E-state index contributed by atoms with van der Waals surface area (Å²) in [7, 11) is 0. The van der Waals surface area contributed by atoms with Gasteiger partial charge in [-0.25, -0.2) is 9.37 Å². The number of hydrogen-bond acceptors (Lipinski definition) is 4. The SMILES string of the molecule is O=C(Nc1ccc(F)cn1)C1(N2CCN(Cc3ccccc3)CC2)CC1. The summed E-state index contributed by atoms with van der Waals surface area (Å²) in [6.07, 6.45) is 2.87. The fourth-order valence-corrected chi connectivity index (χ4v) is 3.66. The molecule has 0 radical (unpaired) electrons. The Balaban J connectivity index is 1.33. The summed E-state index contributed by atoms with van der Waals surface area (Å²) >= 11 is 0. The van der Waals surface area contributed by atoms with Crippen molar-refractivity contribution in [1.29, 1.82) is 0 Å². The number of anilines is 1. The third-order valence-electron chi connectivity index (χ3n) is 5.34. The average Bonchev–Trinajstić information content (AvgIpc) is 3.47. The van der Waals surface area contributed by atoms with E-state index in [-0.39, 0.29) is 5.91 Å². The van der Waals surface area contributed by atoms with Gasteiger partial charge in [0, 0.05) is 32.7 Å². The summed E-state index contributed by atoms with van der Waals surface area (Å²) in [5, 5.41) is 2.85. The molecule has 1 N–H and O–H groups in total. The Morgan fingerprint density at radius 2 is 1.81 bits per heavy atom. The van der Waals surface area contributed by atoms with Crippen molar-refractivity contribution in [2.24, 2.45) is 0 Å². The minimum atomic E-state index is -0.408. The molecule has 136 valence electrons. The van der Waals surface area contributed by atoms with Crippen molar-refractivity contribution in [3.05, 3.63) is 60.0 Å². The molecule has 2 fully saturated rings. The lowest BCUT2D eigenvalue weighted by Crippen LogP contribution is -2.55. The van der Waals surface area contributed by atoms with E-state index in [1.807, 2.05) is 6.07 Å². The molecule has 26 heavy (non-hydrogen) atoms. The largest absolute Gasteiger partial charge is 0.309 e. The second kappa shape index (κ2) is 7.13. The van der Waals surface area contributed by atoms with Crippen molar-refractivity contribution < 1.29 is 9.18 Å². The van der Waals surface area contributed by atoms with Gasteiger partial charge in [0.2, 0.25) is 5.91 Å². The Morgan fingerprint density at radius 1 is 1.08 bits per heavy atom. The minimum Gasteiger partial charge on any atom is -0.309 e. The lowest BCUT2D eigenvalue weighted by molar-refractivity contribution is -0.123. The van der Waals surface area contributed by atoms with Crippen LogP contribution in [0.1, 0.15) is 18.4 Å². The van der Waals surface area contributed by atoms with Crippen molar-refractivity contribution in [1.82, 2.24) is 14.8 Å². The number of amides is 1. The van der Waals surface area contributed by atoms with Crippen molar-refractivity contribution in [2.45, 2.75) is 24.9 Å². The molecule has 2 heterocycles. The topological polar surface area (TPSA) is 48.5 Å². The number of benzene rings is 1. The van der Waals surface area contributed by atoms with Gasteiger partial charge in [-0.3, -0.25) is 14.6 Å². The van der Waals surface area contributed by atoms with Gasteiger partial charge < -0.3 is 5.32 Å². The zero-order valence-electron chi connectivity index (χ0n) is 14.7. The molecule has 1 aromatic heterocycles. The smallest absolute Gasteiger partial charge is 0.246 e. The van der Waals surface area contributed by atoms with Crippen LogP contribution in [0.5, 0.6) is 0 Å². The highest BCUT2D eigenvalue weighted by molar-refractivity contribution is 5.99. The maximum Gasteiger partial charge on any atom is 0.246 e. The first-order valence-electron chi connectivity index (χ1n) is 9.10. The van der Waals surface area contributed by atoms with Crippen molar-refractivity contribution in [3.8, 4) is 0 Å². The van der Waals surface area contributed by atoms with Gasteiger partial charge in [0.15, 0.2) is 0 Å². The van der Waals surface area contributed by atoms with Crippen LogP contribution in [0.15, 0.2) is 48.7 Å². The molecule has 5 nitrogen and oxygen atoms in total. The molecule has 1 amide bonds. The van der Waals surface area contributed by atoms with Crippen molar-refractivity contribution >= 4 is 11.7 Å². The van der Waals surface area contributed by atoms with Crippen LogP contribution in [0.25, 0.3) is 0 Å². The van der Waals surface area contributed by atoms with Gasteiger partial charge >= 0.3 is 0 Å². The summed E-state index contributed by atoms with van der Waals surface area (Å²) in [4.78, 5) is 21.4. The van der Waals surface area contributed by atoms with Gasteiger partial charge in [-0.05, 0) is 30.5 Å². The Morgan fingerprint density at radius 3 is 2.42 bits per heavy atom. The molecule has 1 aromatic carbocycles. The quantitative estimate of drug-likeness (QED) is 0.896. The first-order valence-corrected chi connectivity index (χ1v) is 9.10. The number of nitrogens with one attached hydrogen (secondary N) is 1. The van der Waals surface area contributed by atoms with Gasteiger partial charge in [0.25, 0.3) is 0 Å². The minimum absolute atomic E-state index is 0.0203. The van der Waals surface area contributed by atoms with Crippen molar-refractivity contribution in [3.63, 3.8) is 0 Å². The van der Waals surface area contributed by atoms with Crippen LogP contribution >= 0.6 is 0 Å². The molecule has 2 aromatic rings. The third kappa shape index (κ3) is 3.61. The van der Waals surface area contributed by atoms with E-state index in [1.165, 1.54) is 17.7 Å². The number of rotatable bonds is 5. The van der Waals surface area contributed by atoms with E-state index in [4.69, 9.17) is 0 Å². The van der Waals surface area contributed by atoms with Crippen molar-refractivity contribution in [2.75, 3.05) is 31.5 Å². The van der Waals surface area contributed by atoms with Crippen LogP contribution in [-0.4, -0.2) is 52.4 Å². The zero-order valence-corrected chi connectivity index (χ0v) is 14.7. The first kappa shape index (κ1) is 17.1. The number of halogens is 1. The number of carbonyl (C=O) groups excluding carboxylic acids is 1. The van der Waals surface area contributed by atoms with Gasteiger partial charge in [-0.2, -0.15) is 0 Å². The van der Waals surface area contributed by atoms with Gasteiger partial charge in [0.05, 0.1) is 6.20 Å². The highest BCUT2D eigenvalue weighted by Crippen LogP contribution is 2.43. The molecule has 0 unspecified atom stereocenters. The molecule has 6 heteroatoms. The second-order valence-electron chi connectivity index (χ2n) is 7.10. The zero-order chi connectivity index (χ0) is 18.0. The first-order chi connectivity index (χ1) is 12.7. The van der Waals surface area contributed by atoms with Crippen LogP contribution in [0, 0.1) is 5.82 Å². The second-order valence-corrected chi connectivity index (χ2v) is 7.10. The molecule has 4 rings (SSSR count).